The van der Waals surface area contributed by atoms with Crippen LogP contribution >= 0.6 is 0 Å². The average molecular weight is 1230 g/mol. The largest absolute Gasteiger partial charge is 0.494 e. The molecule has 9 aromatic rings. The van der Waals surface area contributed by atoms with E-state index in [0.717, 1.165) is 169 Å². The Balaban J connectivity index is 0.000000239. The Kier molecular flexibility index (Phi) is 26.2. The minimum absolute atomic E-state index is 0.207. The van der Waals surface area contributed by atoms with Crippen LogP contribution in [0.25, 0.3) is 32.3 Å². The van der Waals surface area contributed by atoms with E-state index in [1.807, 2.05) is 97.1 Å². The first kappa shape index (κ1) is 67.4. The van der Waals surface area contributed by atoms with Crippen molar-refractivity contribution in [2.75, 3.05) is 26.4 Å². The van der Waals surface area contributed by atoms with Gasteiger partial charge in [0.25, 0.3) is 0 Å². The van der Waals surface area contributed by atoms with Crippen molar-refractivity contribution in [1.82, 2.24) is 0 Å². The molecule has 0 N–H and O–H groups in total. The molecule has 9 rings (SSSR count). The van der Waals surface area contributed by atoms with Gasteiger partial charge in [0.15, 0.2) is 0 Å². The van der Waals surface area contributed by atoms with E-state index in [9.17, 15) is 19.2 Å². The molecule has 0 spiro atoms. The fourth-order valence-electron chi connectivity index (χ4n) is 9.57. The summed E-state index contributed by atoms with van der Waals surface area (Å²) in [5.41, 5.74) is 9.38. The Hall–Kier alpha value is -11.6. The molecule has 0 aliphatic heterocycles. The standard InChI is InChI=1S/C42H34O5.C41H38O5/c1-3-41(43)46-28-10-6-5-9-27-45-38-26-23-35-29-32(15-20-36(35)30-38)14-19-34-22-21-33(39-11-7-8-12-40(34)39)18-13-31-16-24-37(25-17-31)47-42(44)4-2;1-4-35-27-32(18-21-36(35)20-17-31-11-15-34(16-12-31)30-46-41(43)6-3)13-14-33-19-22-38-29-39(24-23-37(38)28-33)44-25-9-7-8-10-26-45-40(42)5-2/h3-4,7-8,11-12,15-17,20-26,29-30H,1-2,5-6,9-10,27-28H2;5-6,11-12,15-16,18-19,21-24,27-29H,2-4,7-10,25-26,30H2,1H3. The molecule has 0 aliphatic carbocycles. The Morgan fingerprint density at radius 3 is 1.23 bits per heavy atom. The van der Waals surface area contributed by atoms with Crippen LogP contribution in [0.15, 0.2) is 227 Å². The van der Waals surface area contributed by atoms with E-state index in [1.165, 1.54) is 12.2 Å². The number of hydrogen-bond acceptors (Lipinski definition) is 10. The fraction of sp³-hybridized carbons (Fsp3) is 0.181. The normalized spacial score (nSPS) is 10.2. The number of carbonyl (C=O) groups is 4. The summed E-state index contributed by atoms with van der Waals surface area (Å²) in [5, 5.41) is 6.48. The third-order valence-corrected chi connectivity index (χ3v) is 14.6. The summed E-state index contributed by atoms with van der Waals surface area (Å²) >= 11 is 0. The molecule has 464 valence electrons. The molecule has 93 heavy (non-hydrogen) atoms. The molecule has 0 saturated heterocycles. The molecule has 0 saturated carbocycles. The molecular formula is C83H72O10. The maximum Gasteiger partial charge on any atom is 0.335 e. The van der Waals surface area contributed by atoms with Crippen molar-refractivity contribution in [1.29, 1.82) is 0 Å². The van der Waals surface area contributed by atoms with Crippen molar-refractivity contribution < 1.29 is 47.6 Å². The number of ether oxygens (including phenoxy) is 6. The van der Waals surface area contributed by atoms with Crippen LogP contribution < -0.4 is 14.2 Å². The van der Waals surface area contributed by atoms with Crippen LogP contribution in [0.2, 0.25) is 0 Å². The number of aryl methyl sites for hydroxylation is 1. The molecule has 0 aliphatic rings. The highest BCUT2D eigenvalue weighted by molar-refractivity contribution is 5.93. The van der Waals surface area contributed by atoms with Crippen molar-refractivity contribution >= 4 is 56.2 Å². The third kappa shape index (κ3) is 21.9. The monoisotopic (exact) mass is 1230 g/mol. The van der Waals surface area contributed by atoms with Crippen LogP contribution in [-0.4, -0.2) is 50.3 Å². The highest BCUT2D eigenvalue weighted by atomic mass is 16.5. The maximum absolute atomic E-state index is 11.4. The van der Waals surface area contributed by atoms with Crippen LogP contribution in [0.4, 0.5) is 0 Å². The second-order valence-electron chi connectivity index (χ2n) is 21.3. The average Bonchev–Trinajstić information content (AvgIpc) is 0.938. The zero-order chi connectivity index (χ0) is 65.4. The summed E-state index contributed by atoms with van der Waals surface area (Å²) in [6.07, 6.45) is 13.1. The molecular weight excluding hydrogens is 1160 g/mol. The van der Waals surface area contributed by atoms with Gasteiger partial charge in [0.2, 0.25) is 0 Å². The van der Waals surface area contributed by atoms with Crippen molar-refractivity contribution in [3.8, 4) is 64.6 Å². The molecule has 10 nitrogen and oxygen atoms in total. The summed E-state index contributed by atoms with van der Waals surface area (Å²) in [4.78, 5) is 44.8. The first-order chi connectivity index (χ1) is 45.5. The van der Waals surface area contributed by atoms with Gasteiger partial charge in [-0.2, -0.15) is 0 Å². The number of esters is 4. The van der Waals surface area contributed by atoms with Gasteiger partial charge in [-0.3, -0.25) is 0 Å². The maximum atomic E-state index is 11.4. The van der Waals surface area contributed by atoms with Crippen LogP contribution in [0.3, 0.4) is 0 Å². The Bertz CT molecular complexity index is 4430. The first-order valence-electron chi connectivity index (χ1n) is 31.0. The molecule has 0 amide bonds. The Morgan fingerprint density at radius 2 is 0.731 bits per heavy atom. The minimum Gasteiger partial charge on any atom is -0.494 e. The number of rotatable bonds is 24. The van der Waals surface area contributed by atoms with Crippen LogP contribution in [-0.2, 0) is 46.4 Å². The number of hydrogen-bond donors (Lipinski definition) is 0. The van der Waals surface area contributed by atoms with Crippen LogP contribution in [0.5, 0.6) is 17.2 Å². The smallest absolute Gasteiger partial charge is 0.335 e. The number of carbonyl (C=O) groups excluding carboxylic acids is 4. The molecule has 10 heteroatoms. The van der Waals surface area contributed by atoms with Gasteiger partial charge in [0, 0.05) is 68.8 Å². The van der Waals surface area contributed by atoms with Gasteiger partial charge in [-0.25, -0.2) is 19.2 Å². The molecule has 9 aromatic carbocycles. The van der Waals surface area contributed by atoms with E-state index in [0.29, 0.717) is 32.2 Å². The van der Waals surface area contributed by atoms with Crippen molar-refractivity contribution in [3.63, 3.8) is 0 Å². The minimum atomic E-state index is -0.499. The highest BCUT2D eigenvalue weighted by Gasteiger charge is 2.08. The zero-order valence-electron chi connectivity index (χ0n) is 52.4. The second kappa shape index (κ2) is 36.2. The van der Waals surface area contributed by atoms with E-state index in [4.69, 9.17) is 28.4 Å². The number of fused-ring (bicyclic) bond motifs is 3. The summed E-state index contributed by atoms with van der Waals surface area (Å²) in [5.74, 6) is 26.8. The van der Waals surface area contributed by atoms with Gasteiger partial charge in [0.05, 0.1) is 26.4 Å². The topological polar surface area (TPSA) is 124 Å². The van der Waals surface area contributed by atoms with Gasteiger partial charge >= 0.3 is 23.9 Å². The Labute approximate surface area is 545 Å². The van der Waals surface area contributed by atoms with E-state index < -0.39 is 11.9 Å². The van der Waals surface area contributed by atoms with Crippen molar-refractivity contribution in [2.24, 2.45) is 0 Å². The van der Waals surface area contributed by atoms with Crippen LogP contribution in [0.1, 0.15) is 114 Å². The molecule has 0 unspecified atom stereocenters. The van der Waals surface area contributed by atoms with Crippen molar-refractivity contribution in [2.45, 2.75) is 71.3 Å². The summed E-state index contributed by atoms with van der Waals surface area (Å²) < 4.78 is 32.1. The second-order valence-corrected chi connectivity index (χ2v) is 21.3. The fourth-order valence-corrected chi connectivity index (χ4v) is 9.57. The van der Waals surface area contributed by atoms with Gasteiger partial charge in [0.1, 0.15) is 23.9 Å². The van der Waals surface area contributed by atoms with E-state index in [1.54, 1.807) is 12.1 Å². The lowest BCUT2D eigenvalue weighted by molar-refractivity contribution is -0.139. The SMILES string of the molecule is C=CC(=O)OCCCCCCOc1ccc2cc(C#Cc3ccc(C#Cc4ccc(COC(=O)C=C)cc4)c(CC)c3)ccc2c1.C=CC(=O)OCCCCCCOc1ccc2cc(C#Cc3ccc(C#Cc4ccc(OC(=O)C=C)cc4)c4ccccc34)ccc2c1. The highest BCUT2D eigenvalue weighted by Crippen LogP contribution is 2.26. The molecule has 0 radical (unpaired) electrons. The van der Waals surface area contributed by atoms with E-state index in [2.05, 4.69) is 147 Å². The van der Waals surface area contributed by atoms with E-state index in [-0.39, 0.29) is 18.5 Å². The lowest BCUT2D eigenvalue weighted by Gasteiger charge is -2.08. The number of unbranched alkanes of at least 4 members (excludes halogenated alkanes) is 6. The van der Waals surface area contributed by atoms with Gasteiger partial charge in [-0.05, 0) is 216 Å². The van der Waals surface area contributed by atoms with E-state index >= 15 is 0 Å². The summed E-state index contributed by atoms with van der Waals surface area (Å²) in [7, 11) is 0. The summed E-state index contributed by atoms with van der Waals surface area (Å²) in [6.45, 7) is 18.1. The molecule has 0 atom stereocenters. The first-order valence-corrected chi connectivity index (χ1v) is 31.0. The third-order valence-electron chi connectivity index (χ3n) is 14.6. The predicted octanol–water partition coefficient (Wildman–Crippen LogP) is 16.7. The lowest BCUT2D eigenvalue weighted by Crippen LogP contribution is -2.02. The molecule has 0 fully saturated rings. The van der Waals surface area contributed by atoms with Gasteiger partial charge < -0.3 is 28.4 Å². The van der Waals surface area contributed by atoms with Gasteiger partial charge in [-0.1, -0.05) is 141 Å². The zero-order valence-corrected chi connectivity index (χ0v) is 52.4. The molecule has 0 heterocycles. The van der Waals surface area contributed by atoms with Crippen LogP contribution in [0, 0.1) is 47.4 Å². The number of benzene rings is 9. The lowest BCUT2D eigenvalue weighted by atomic mass is 9.99. The Morgan fingerprint density at radius 1 is 0.355 bits per heavy atom. The summed E-state index contributed by atoms with van der Waals surface area (Å²) in [6, 6.07) is 57.6. The van der Waals surface area contributed by atoms with Crippen molar-refractivity contribution in [3.05, 3.63) is 282 Å². The van der Waals surface area contributed by atoms with Gasteiger partial charge in [-0.15, -0.1) is 0 Å². The quantitative estimate of drug-likeness (QED) is 0.0144. The predicted molar refractivity (Wildman–Crippen MR) is 371 cm³/mol. The molecule has 0 bridgehead atoms. The molecule has 0 aromatic heterocycles.